The maximum atomic E-state index is 11.9. The van der Waals surface area contributed by atoms with Gasteiger partial charge in [0.1, 0.15) is 0 Å². The second-order valence-electron chi connectivity index (χ2n) is 3.65. The van der Waals surface area contributed by atoms with Crippen molar-refractivity contribution < 1.29 is 9.59 Å². The van der Waals surface area contributed by atoms with Crippen molar-refractivity contribution in [2.24, 2.45) is 0 Å². The number of benzene rings is 1. The van der Waals surface area contributed by atoms with Gasteiger partial charge in [-0.15, -0.1) is 0 Å². The molecule has 3 heteroatoms. The van der Waals surface area contributed by atoms with Crippen molar-refractivity contribution >= 4 is 29.7 Å². The zero-order chi connectivity index (χ0) is 14.4. The highest BCUT2D eigenvalue weighted by molar-refractivity contribution is 6.22. The molecule has 0 aliphatic carbocycles. The van der Waals surface area contributed by atoms with Gasteiger partial charge in [0.2, 0.25) is 0 Å². The predicted octanol–water partition coefficient (Wildman–Crippen LogP) is 3.20. The van der Waals surface area contributed by atoms with Gasteiger partial charge in [-0.25, -0.2) is 4.90 Å². The Labute approximate surface area is 112 Å². The van der Waals surface area contributed by atoms with Gasteiger partial charge in [-0.1, -0.05) is 50.6 Å². The van der Waals surface area contributed by atoms with Crippen LogP contribution in [0.5, 0.6) is 0 Å². The van der Waals surface area contributed by atoms with Crippen LogP contribution in [-0.4, -0.2) is 11.8 Å². The molecule has 0 saturated heterocycles. The molecule has 19 heavy (non-hydrogen) atoms. The molecule has 0 aliphatic heterocycles. The van der Waals surface area contributed by atoms with Gasteiger partial charge in [-0.05, 0) is 29.3 Å². The average Bonchev–Trinajstić information content (AvgIpc) is 2.46. The first-order valence-electron chi connectivity index (χ1n) is 5.60. The van der Waals surface area contributed by atoms with E-state index in [2.05, 4.69) is 26.3 Å². The van der Waals surface area contributed by atoms with E-state index in [1.165, 1.54) is 0 Å². The maximum absolute atomic E-state index is 11.9. The summed E-state index contributed by atoms with van der Waals surface area (Å²) in [5.74, 6) is -1.04. The van der Waals surface area contributed by atoms with Gasteiger partial charge in [-0.3, -0.25) is 9.59 Å². The van der Waals surface area contributed by atoms with E-state index in [1.807, 2.05) is 6.07 Å². The lowest BCUT2D eigenvalue weighted by atomic mass is 10.1. The Morgan fingerprint density at radius 1 is 0.947 bits per heavy atom. The minimum Gasteiger partial charge on any atom is -0.269 e. The molecule has 0 N–H and O–H groups in total. The van der Waals surface area contributed by atoms with Gasteiger partial charge < -0.3 is 0 Å². The van der Waals surface area contributed by atoms with Crippen LogP contribution in [0.4, 0.5) is 5.69 Å². The standard InChI is InChI=1S/C16H15NO2/c1-5-12-9-10-13(6-2)14(11-12)17(15(18)7-3)16(19)8-4/h5-11H,1-4H2. The van der Waals surface area contributed by atoms with Crippen molar-refractivity contribution in [3.05, 3.63) is 67.8 Å². The first kappa shape index (κ1) is 14.4. The third-order valence-corrected chi connectivity index (χ3v) is 2.54. The van der Waals surface area contributed by atoms with Gasteiger partial charge in [0.25, 0.3) is 11.8 Å². The highest BCUT2D eigenvalue weighted by Crippen LogP contribution is 2.25. The van der Waals surface area contributed by atoms with Crippen molar-refractivity contribution in [2.75, 3.05) is 4.90 Å². The monoisotopic (exact) mass is 253 g/mol. The lowest BCUT2D eigenvalue weighted by Gasteiger charge is -2.20. The third-order valence-electron chi connectivity index (χ3n) is 2.54. The van der Waals surface area contributed by atoms with Crippen LogP contribution in [0.25, 0.3) is 12.2 Å². The number of carbonyl (C=O) groups excluding carboxylic acids is 2. The number of amides is 2. The molecule has 0 fully saturated rings. The van der Waals surface area contributed by atoms with Gasteiger partial charge in [0.05, 0.1) is 5.69 Å². The molecule has 96 valence electrons. The molecule has 1 rings (SSSR count). The van der Waals surface area contributed by atoms with E-state index < -0.39 is 11.8 Å². The Kier molecular flexibility index (Phi) is 4.77. The minimum absolute atomic E-state index is 0.433. The van der Waals surface area contributed by atoms with Crippen LogP contribution in [0.1, 0.15) is 11.1 Å². The number of nitrogens with zero attached hydrogens (tertiary/aromatic N) is 1. The zero-order valence-corrected chi connectivity index (χ0v) is 10.6. The molecule has 0 saturated carbocycles. The van der Waals surface area contributed by atoms with Crippen molar-refractivity contribution in [3.8, 4) is 0 Å². The summed E-state index contributed by atoms with van der Waals surface area (Å²) >= 11 is 0. The van der Waals surface area contributed by atoms with E-state index in [4.69, 9.17) is 0 Å². The molecule has 0 heterocycles. The summed E-state index contributed by atoms with van der Waals surface area (Å²) in [5, 5.41) is 0. The predicted molar refractivity (Wildman–Crippen MR) is 79.5 cm³/mol. The van der Waals surface area contributed by atoms with Gasteiger partial charge >= 0.3 is 0 Å². The average molecular weight is 253 g/mol. The van der Waals surface area contributed by atoms with Crippen LogP contribution < -0.4 is 4.90 Å². The highest BCUT2D eigenvalue weighted by atomic mass is 16.2. The molecule has 0 atom stereocenters. The largest absolute Gasteiger partial charge is 0.269 e. The van der Waals surface area contributed by atoms with Crippen molar-refractivity contribution in [1.29, 1.82) is 0 Å². The second kappa shape index (κ2) is 6.31. The molecular weight excluding hydrogens is 238 g/mol. The van der Waals surface area contributed by atoms with Crippen LogP contribution in [0, 0.1) is 0 Å². The fourth-order valence-corrected chi connectivity index (χ4v) is 1.58. The number of imide groups is 1. The van der Waals surface area contributed by atoms with Crippen molar-refractivity contribution in [1.82, 2.24) is 0 Å². The molecule has 0 aromatic heterocycles. The molecular formula is C16H15NO2. The van der Waals surface area contributed by atoms with Gasteiger partial charge in [0, 0.05) is 0 Å². The summed E-state index contributed by atoms with van der Waals surface area (Å²) in [6, 6.07) is 5.27. The SMILES string of the molecule is C=CC(=O)N(C(=O)C=C)c1cc(C=C)ccc1C=C. The van der Waals surface area contributed by atoms with E-state index in [0.717, 1.165) is 22.6 Å². The van der Waals surface area contributed by atoms with Crippen LogP contribution >= 0.6 is 0 Å². The summed E-state index contributed by atoms with van der Waals surface area (Å²) in [7, 11) is 0. The number of carbonyl (C=O) groups is 2. The first-order chi connectivity index (χ1) is 9.08. The lowest BCUT2D eigenvalue weighted by molar-refractivity contribution is -0.121. The molecule has 1 aromatic rings. The number of hydrogen-bond acceptors (Lipinski definition) is 2. The fourth-order valence-electron chi connectivity index (χ4n) is 1.58. The van der Waals surface area contributed by atoms with Crippen LogP contribution in [-0.2, 0) is 9.59 Å². The summed E-state index contributed by atoms with van der Waals surface area (Å²) in [6.45, 7) is 14.1. The quantitative estimate of drug-likeness (QED) is 0.756. The molecule has 0 aliphatic rings. The van der Waals surface area contributed by atoms with Crippen LogP contribution in [0.15, 0.2) is 56.7 Å². The number of hydrogen-bond donors (Lipinski definition) is 0. The lowest BCUT2D eigenvalue weighted by Crippen LogP contribution is -2.34. The highest BCUT2D eigenvalue weighted by Gasteiger charge is 2.21. The molecule has 1 aromatic carbocycles. The molecule has 2 amide bonds. The number of rotatable bonds is 5. The van der Waals surface area contributed by atoms with Crippen LogP contribution in [0.2, 0.25) is 0 Å². The third kappa shape index (κ3) is 2.96. The Morgan fingerprint density at radius 2 is 1.53 bits per heavy atom. The topological polar surface area (TPSA) is 37.4 Å². The molecule has 3 nitrogen and oxygen atoms in total. The Balaban J connectivity index is 3.51. The van der Waals surface area contributed by atoms with Crippen molar-refractivity contribution in [3.63, 3.8) is 0 Å². The molecule has 0 radical (unpaired) electrons. The number of anilines is 1. The summed E-state index contributed by atoms with van der Waals surface area (Å²) in [5.41, 5.74) is 1.89. The Morgan fingerprint density at radius 3 is 1.95 bits per heavy atom. The summed E-state index contributed by atoms with van der Waals surface area (Å²) in [6.07, 6.45) is 5.36. The summed E-state index contributed by atoms with van der Waals surface area (Å²) < 4.78 is 0. The summed E-state index contributed by atoms with van der Waals surface area (Å²) in [4.78, 5) is 24.7. The second-order valence-corrected chi connectivity index (χ2v) is 3.65. The Hall–Kier alpha value is -2.68. The minimum atomic E-state index is -0.519. The Bertz CT molecular complexity index is 550. The molecule has 0 spiro atoms. The smallest absolute Gasteiger partial charge is 0.257 e. The van der Waals surface area contributed by atoms with E-state index >= 15 is 0 Å². The molecule has 0 bridgehead atoms. The van der Waals surface area contributed by atoms with E-state index in [1.54, 1.807) is 24.3 Å². The van der Waals surface area contributed by atoms with E-state index in [0.29, 0.717) is 11.3 Å². The van der Waals surface area contributed by atoms with E-state index in [-0.39, 0.29) is 0 Å². The van der Waals surface area contributed by atoms with Crippen molar-refractivity contribution in [2.45, 2.75) is 0 Å². The van der Waals surface area contributed by atoms with Gasteiger partial charge in [0.15, 0.2) is 0 Å². The van der Waals surface area contributed by atoms with Crippen LogP contribution in [0.3, 0.4) is 0 Å². The first-order valence-corrected chi connectivity index (χ1v) is 5.60. The maximum Gasteiger partial charge on any atom is 0.257 e. The van der Waals surface area contributed by atoms with E-state index in [9.17, 15) is 9.59 Å². The zero-order valence-electron chi connectivity index (χ0n) is 10.6. The fraction of sp³-hybridized carbons (Fsp3) is 0. The molecule has 0 unspecified atom stereocenters. The normalized spacial score (nSPS) is 9.26. The van der Waals surface area contributed by atoms with Gasteiger partial charge in [-0.2, -0.15) is 0 Å².